The highest BCUT2D eigenvalue weighted by atomic mass is 16.2. The number of nitrogens with one attached hydrogen (secondary N) is 2. The van der Waals surface area contributed by atoms with Crippen LogP contribution in [-0.2, 0) is 22.7 Å². The van der Waals surface area contributed by atoms with Gasteiger partial charge in [-0.1, -0.05) is 30.3 Å². The molecule has 164 valence electrons. The summed E-state index contributed by atoms with van der Waals surface area (Å²) in [6.07, 6.45) is 0. The Balaban J connectivity index is 1.69. The number of hydrogen-bond acceptors (Lipinski definition) is 4. The molecule has 2 aromatic carbocycles. The number of amides is 3. The van der Waals surface area contributed by atoms with Gasteiger partial charge in [-0.2, -0.15) is 5.10 Å². The molecule has 3 aromatic rings. The molecule has 1 aromatic heterocycles. The van der Waals surface area contributed by atoms with Gasteiger partial charge < -0.3 is 10.6 Å². The third-order valence-electron chi connectivity index (χ3n) is 5.51. The number of nitrogens with zero attached hydrogens (tertiary/aromatic N) is 3. The minimum absolute atomic E-state index is 0.184. The van der Waals surface area contributed by atoms with Gasteiger partial charge in [0.25, 0.3) is 5.91 Å². The Morgan fingerprint density at radius 1 is 1.09 bits per heavy atom. The predicted octanol–water partition coefficient (Wildman–Crippen LogP) is 2.89. The van der Waals surface area contributed by atoms with Gasteiger partial charge in [0.05, 0.1) is 12.2 Å². The Morgan fingerprint density at radius 2 is 1.78 bits per heavy atom. The lowest BCUT2D eigenvalue weighted by Crippen LogP contribution is -2.64. The van der Waals surface area contributed by atoms with E-state index in [1.807, 2.05) is 37.3 Å². The molecule has 2 heterocycles. The molecule has 2 N–H and O–H groups in total. The van der Waals surface area contributed by atoms with Crippen molar-refractivity contribution in [1.82, 2.24) is 15.1 Å². The van der Waals surface area contributed by atoms with Crippen molar-refractivity contribution < 1.29 is 14.4 Å². The van der Waals surface area contributed by atoms with Crippen molar-refractivity contribution in [3.63, 3.8) is 0 Å². The molecule has 0 saturated heterocycles. The lowest BCUT2D eigenvalue weighted by Gasteiger charge is -2.43. The third-order valence-corrected chi connectivity index (χ3v) is 5.51. The number of carbonyl (C=O) groups excluding carboxylic acids is 3. The van der Waals surface area contributed by atoms with Gasteiger partial charge in [0.15, 0.2) is 0 Å². The summed E-state index contributed by atoms with van der Waals surface area (Å²) in [5.41, 5.74) is 2.08. The number of rotatable bonds is 5. The van der Waals surface area contributed by atoms with Crippen LogP contribution in [0.25, 0.3) is 0 Å². The van der Waals surface area contributed by atoms with Crippen LogP contribution in [0, 0.1) is 6.92 Å². The number of carbonyl (C=O) groups is 3. The molecule has 0 spiro atoms. The van der Waals surface area contributed by atoms with Crippen molar-refractivity contribution in [2.45, 2.75) is 39.4 Å². The number of benzene rings is 2. The summed E-state index contributed by atoms with van der Waals surface area (Å²) < 4.78 is 1.60. The van der Waals surface area contributed by atoms with Gasteiger partial charge >= 0.3 is 0 Å². The molecule has 8 heteroatoms. The maximum Gasteiger partial charge on any atom is 0.277 e. The number of aryl methyl sites for hydroxylation is 1. The number of hydrogen-bond donors (Lipinski definition) is 2. The smallest absolute Gasteiger partial charge is 0.277 e. The van der Waals surface area contributed by atoms with E-state index in [1.54, 1.807) is 41.9 Å². The second-order valence-corrected chi connectivity index (χ2v) is 8.14. The Hall–Kier alpha value is -3.94. The Labute approximate surface area is 186 Å². The highest BCUT2D eigenvalue weighted by molar-refractivity contribution is 6.11. The van der Waals surface area contributed by atoms with Gasteiger partial charge in [0, 0.05) is 24.8 Å². The molecule has 0 radical (unpaired) electrons. The lowest BCUT2D eigenvalue weighted by molar-refractivity contribution is -0.126. The van der Waals surface area contributed by atoms with Gasteiger partial charge in [-0.3, -0.25) is 24.0 Å². The molecule has 1 atom stereocenters. The van der Waals surface area contributed by atoms with Crippen LogP contribution in [-0.4, -0.2) is 33.0 Å². The average Bonchev–Trinajstić information content (AvgIpc) is 3.13. The van der Waals surface area contributed by atoms with Crippen LogP contribution in [0.1, 0.15) is 35.6 Å². The molecular formula is C24H25N5O3. The summed E-state index contributed by atoms with van der Waals surface area (Å²) >= 11 is 0. The van der Waals surface area contributed by atoms with E-state index in [2.05, 4.69) is 15.7 Å². The standard InChI is InChI=1S/C24H25N5O3/c1-16-13-21-22(31)29(20-11-9-19(10-12-20)26-17(2)30)24(3,15-28(21)27-16)23(32)25-14-18-7-5-4-6-8-18/h4-13H,14-15H2,1-3H3,(H,25,32)(H,26,30)/t24-/m0/s1. The molecule has 1 aliphatic heterocycles. The van der Waals surface area contributed by atoms with E-state index >= 15 is 0 Å². The molecule has 4 rings (SSSR count). The fourth-order valence-electron chi connectivity index (χ4n) is 3.98. The predicted molar refractivity (Wildman–Crippen MR) is 121 cm³/mol. The van der Waals surface area contributed by atoms with Gasteiger partial charge in [-0.25, -0.2) is 0 Å². The van der Waals surface area contributed by atoms with E-state index in [0.29, 0.717) is 29.3 Å². The number of fused-ring (bicyclic) bond motifs is 1. The first kappa shape index (κ1) is 21.3. The number of aromatic nitrogens is 2. The molecule has 0 fully saturated rings. The molecule has 32 heavy (non-hydrogen) atoms. The van der Waals surface area contributed by atoms with Crippen molar-refractivity contribution in [2.24, 2.45) is 0 Å². The van der Waals surface area contributed by atoms with Gasteiger partial charge in [-0.15, -0.1) is 0 Å². The van der Waals surface area contributed by atoms with Crippen LogP contribution >= 0.6 is 0 Å². The van der Waals surface area contributed by atoms with Crippen molar-refractivity contribution in [3.8, 4) is 0 Å². The zero-order valence-corrected chi connectivity index (χ0v) is 18.3. The highest BCUT2D eigenvalue weighted by Crippen LogP contribution is 2.33. The summed E-state index contributed by atoms with van der Waals surface area (Å²) in [4.78, 5) is 39.8. The fourth-order valence-corrected chi connectivity index (χ4v) is 3.98. The van der Waals surface area contributed by atoms with E-state index in [0.717, 1.165) is 5.56 Å². The first-order valence-electron chi connectivity index (χ1n) is 10.4. The van der Waals surface area contributed by atoms with E-state index in [9.17, 15) is 14.4 Å². The summed E-state index contributed by atoms with van der Waals surface area (Å²) in [5.74, 6) is -0.766. The SMILES string of the molecule is CC(=O)Nc1ccc(N2C(=O)c3cc(C)nn3C[C@@]2(C)C(=O)NCc2ccccc2)cc1. The molecule has 1 aliphatic rings. The van der Waals surface area contributed by atoms with Crippen LogP contribution in [0.2, 0.25) is 0 Å². The Bertz CT molecular complexity index is 1170. The Morgan fingerprint density at radius 3 is 2.44 bits per heavy atom. The molecular weight excluding hydrogens is 406 g/mol. The molecule has 8 nitrogen and oxygen atoms in total. The maximum atomic E-state index is 13.5. The lowest BCUT2D eigenvalue weighted by atomic mass is 9.93. The monoisotopic (exact) mass is 431 g/mol. The number of anilines is 2. The quantitative estimate of drug-likeness (QED) is 0.649. The van der Waals surface area contributed by atoms with E-state index < -0.39 is 5.54 Å². The second-order valence-electron chi connectivity index (χ2n) is 8.14. The van der Waals surface area contributed by atoms with Crippen LogP contribution in [0.15, 0.2) is 60.7 Å². The molecule has 0 saturated carbocycles. The Kier molecular flexibility index (Phi) is 5.52. The molecule has 0 bridgehead atoms. The zero-order chi connectivity index (χ0) is 22.9. The first-order chi connectivity index (χ1) is 15.3. The average molecular weight is 431 g/mol. The van der Waals surface area contributed by atoms with E-state index in [-0.39, 0.29) is 24.3 Å². The van der Waals surface area contributed by atoms with Crippen LogP contribution in [0.5, 0.6) is 0 Å². The van der Waals surface area contributed by atoms with Crippen molar-refractivity contribution in [2.75, 3.05) is 10.2 Å². The van der Waals surface area contributed by atoms with Gasteiger partial charge in [0.1, 0.15) is 11.2 Å². The van der Waals surface area contributed by atoms with Crippen molar-refractivity contribution in [3.05, 3.63) is 77.6 Å². The van der Waals surface area contributed by atoms with Gasteiger partial charge in [0.2, 0.25) is 11.8 Å². The second kappa shape index (κ2) is 8.30. The summed E-state index contributed by atoms with van der Waals surface area (Å²) in [6.45, 7) is 5.56. The van der Waals surface area contributed by atoms with Crippen LogP contribution in [0.4, 0.5) is 11.4 Å². The minimum Gasteiger partial charge on any atom is -0.350 e. The molecule has 0 unspecified atom stereocenters. The van der Waals surface area contributed by atoms with Crippen LogP contribution in [0.3, 0.4) is 0 Å². The highest BCUT2D eigenvalue weighted by Gasteiger charge is 2.48. The minimum atomic E-state index is -1.20. The first-order valence-corrected chi connectivity index (χ1v) is 10.4. The summed E-state index contributed by atoms with van der Waals surface area (Å²) in [5, 5.41) is 10.1. The largest absolute Gasteiger partial charge is 0.350 e. The van der Waals surface area contributed by atoms with Crippen molar-refractivity contribution >= 4 is 29.1 Å². The topological polar surface area (TPSA) is 96.3 Å². The van der Waals surface area contributed by atoms with E-state index in [1.165, 1.54) is 11.8 Å². The van der Waals surface area contributed by atoms with Crippen molar-refractivity contribution in [1.29, 1.82) is 0 Å². The summed E-state index contributed by atoms with van der Waals surface area (Å²) in [7, 11) is 0. The third kappa shape index (κ3) is 3.99. The van der Waals surface area contributed by atoms with Crippen LogP contribution < -0.4 is 15.5 Å². The normalized spacial score (nSPS) is 17.6. The van der Waals surface area contributed by atoms with Gasteiger partial charge in [-0.05, 0) is 49.7 Å². The maximum absolute atomic E-state index is 13.5. The summed E-state index contributed by atoms with van der Waals surface area (Å²) in [6, 6.07) is 18.2. The molecule has 3 amide bonds. The zero-order valence-electron chi connectivity index (χ0n) is 18.3. The van der Waals surface area contributed by atoms with E-state index in [4.69, 9.17) is 0 Å². The fraction of sp³-hybridized carbons (Fsp3) is 0.250. The molecule has 0 aliphatic carbocycles.